The van der Waals surface area contributed by atoms with Crippen molar-refractivity contribution in [1.82, 2.24) is 15.1 Å². The number of nitrogens with one attached hydrogen (secondary N) is 1. The monoisotopic (exact) mass is 298 g/mol. The lowest BCUT2D eigenvalue weighted by Crippen LogP contribution is -2.23. The first kappa shape index (κ1) is 13.7. The third kappa shape index (κ3) is 2.85. The average Bonchev–Trinajstić information content (AvgIpc) is 3.30. The summed E-state index contributed by atoms with van der Waals surface area (Å²) in [5.74, 6) is 2.10. The van der Waals surface area contributed by atoms with Gasteiger partial charge in [0.2, 0.25) is 5.95 Å². The summed E-state index contributed by atoms with van der Waals surface area (Å²) >= 11 is 0. The first-order valence-electron chi connectivity index (χ1n) is 8.37. The number of hydrogen-bond donors (Lipinski definition) is 1. The van der Waals surface area contributed by atoms with Gasteiger partial charge in [0, 0.05) is 24.2 Å². The molecule has 22 heavy (non-hydrogen) atoms. The van der Waals surface area contributed by atoms with Crippen LogP contribution in [0.15, 0.2) is 16.8 Å². The van der Waals surface area contributed by atoms with E-state index < -0.39 is 0 Å². The number of rotatable bonds is 4. The SMILES string of the molecule is Cc1cc(-c2cnc(NC3CCCCC3)nc2C2CC2)on1. The number of hydrogen-bond acceptors (Lipinski definition) is 5. The van der Waals surface area contributed by atoms with Gasteiger partial charge in [0.1, 0.15) is 0 Å². The molecule has 0 saturated heterocycles. The molecule has 2 aromatic heterocycles. The van der Waals surface area contributed by atoms with E-state index in [-0.39, 0.29) is 0 Å². The van der Waals surface area contributed by atoms with Crippen molar-refractivity contribution < 1.29 is 4.52 Å². The van der Waals surface area contributed by atoms with Crippen molar-refractivity contribution in [2.75, 3.05) is 5.32 Å². The maximum atomic E-state index is 5.41. The second-order valence-electron chi connectivity index (χ2n) is 6.58. The molecule has 2 saturated carbocycles. The molecule has 0 aliphatic heterocycles. The van der Waals surface area contributed by atoms with E-state index in [1.807, 2.05) is 19.2 Å². The van der Waals surface area contributed by atoms with E-state index in [0.717, 1.165) is 28.7 Å². The highest BCUT2D eigenvalue weighted by Crippen LogP contribution is 2.43. The third-order valence-corrected chi connectivity index (χ3v) is 4.61. The van der Waals surface area contributed by atoms with E-state index in [0.29, 0.717) is 12.0 Å². The molecule has 4 rings (SSSR count). The van der Waals surface area contributed by atoms with E-state index >= 15 is 0 Å². The van der Waals surface area contributed by atoms with Gasteiger partial charge in [-0.15, -0.1) is 0 Å². The van der Waals surface area contributed by atoms with E-state index in [9.17, 15) is 0 Å². The minimum atomic E-state index is 0.527. The van der Waals surface area contributed by atoms with Crippen LogP contribution in [-0.2, 0) is 0 Å². The van der Waals surface area contributed by atoms with Crippen LogP contribution >= 0.6 is 0 Å². The third-order valence-electron chi connectivity index (χ3n) is 4.61. The zero-order chi connectivity index (χ0) is 14.9. The van der Waals surface area contributed by atoms with Crippen molar-refractivity contribution in [2.24, 2.45) is 0 Å². The van der Waals surface area contributed by atoms with Crippen molar-refractivity contribution in [1.29, 1.82) is 0 Å². The minimum Gasteiger partial charge on any atom is -0.356 e. The molecule has 2 heterocycles. The van der Waals surface area contributed by atoms with Crippen molar-refractivity contribution in [2.45, 2.75) is 63.8 Å². The Morgan fingerprint density at radius 1 is 1.14 bits per heavy atom. The van der Waals surface area contributed by atoms with Gasteiger partial charge in [0.15, 0.2) is 5.76 Å². The number of anilines is 1. The second kappa shape index (κ2) is 5.71. The average molecular weight is 298 g/mol. The van der Waals surface area contributed by atoms with Gasteiger partial charge in [-0.05, 0) is 32.6 Å². The van der Waals surface area contributed by atoms with Crippen molar-refractivity contribution >= 4 is 5.95 Å². The standard InChI is InChI=1S/C17H22N4O/c1-11-9-15(22-21-11)14-10-18-17(20-16(14)12-7-8-12)19-13-5-3-2-4-6-13/h9-10,12-13H,2-8H2,1H3,(H,18,19,20). The highest BCUT2D eigenvalue weighted by Gasteiger charge is 2.30. The fourth-order valence-electron chi connectivity index (χ4n) is 3.24. The van der Waals surface area contributed by atoms with Gasteiger partial charge in [0.25, 0.3) is 0 Å². The summed E-state index contributed by atoms with van der Waals surface area (Å²) in [5, 5.41) is 7.50. The molecule has 0 amide bonds. The Balaban J connectivity index is 1.60. The minimum absolute atomic E-state index is 0.527. The Bertz CT molecular complexity index is 656. The van der Waals surface area contributed by atoms with Crippen LogP contribution < -0.4 is 5.32 Å². The van der Waals surface area contributed by atoms with E-state index in [1.54, 1.807) is 0 Å². The molecule has 1 N–H and O–H groups in total. The van der Waals surface area contributed by atoms with Crippen molar-refractivity contribution in [3.63, 3.8) is 0 Å². The molecular weight excluding hydrogens is 276 g/mol. The summed E-state index contributed by atoms with van der Waals surface area (Å²) in [7, 11) is 0. The molecule has 0 aromatic carbocycles. The Kier molecular flexibility index (Phi) is 3.56. The van der Waals surface area contributed by atoms with Crippen molar-refractivity contribution in [3.8, 4) is 11.3 Å². The quantitative estimate of drug-likeness (QED) is 0.922. The van der Waals surface area contributed by atoms with Gasteiger partial charge in [0.05, 0.1) is 17.0 Å². The molecule has 0 radical (unpaired) electrons. The second-order valence-corrected chi connectivity index (χ2v) is 6.58. The van der Waals surface area contributed by atoms with Crippen LogP contribution in [-0.4, -0.2) is 21.2 Å². The molecule has 5 nitrogen and oxygen atoms in total. The van der Waals surface area contributed by atoms with Gasteiger partial charge >= 0.3 is 0 Å². The lowest BCUT2D eigenvalue weighted by atomic mass is 9.96. The molecule has 2 aromatic rings. The van der Waals surface area contributed by atoms with Gasteiger partial charge < -0.3 is 9.84 Å². The summed E-state index contributed by atoms with van der Waals surface area (Å²) in [5.41, 5.74) is 3.00. The molecule has 0 unspecified atom stereocenters. The van der Waals surface area contributed by atoms with E-state index in [4.69, 9.17) is 9.51 Å². The summed E-state index contributed by atoms with van der Waals surface area (Å²) < 4.78 is 5.41. The predicted molar refractivity (Wildman–Crippen MR) is 84.7 cm³/mol. The summed E-state index contributed by atoms with van der Waals surface area (Å²) in [4.78, 5) is 9.32. The van der Waals surface area contributed by atoms with E-state index in [1.165, 1.54) is 44.9 Å². The Labute approximate surface area is 130 Å². The number of aryl methyl sites for hydroxylation is 1. The largest absolute Gasteiger partial charge is 0.356 e. The van der Waals surface area contributed by atoms with Gasteiger partial charge in [-0.3, -0.25) is 0 Å². The van der Waals surface area contributed by atoms with Gasteiger partial charge in [-0.1, -0.05) is 24.4 Å². The zero-order valence-corrected chi connectivity index (χ0v) is 13.0. The molecule has 0 spiro atoms. The molecule has 2 fully saturated rings. The molecule has 2 aliphatic carbocycles. The van der Waals surface area contributed by atoms with Crippen LogP contribution in [0.1, 0.15) is 62.3 Å². The Hall–Kier alpha value is -1.91. The molecule has 0 atom stereocenters. The Morgan fingerprint density at radius 2 is 1.95 bits per heavy atom. The molecule has 116 valence electrons. The predicted octanol–water partition coefficient (Wildman–Crippen LogP) is 4.06. The molecular formula is C17H22N4O. The first-order chi connectivity index (χ1) is 10.8. The summed E-state index contributed by atoms with van der Waals surface area (Å²) in [6, 6.07) is 2.48. The van der Waals surface area contributed by atoms with Crippen LogP contribution in [0.5, 0.6) is 0 Å². The van der Waals surface area contributed by atoms with Gasteiger partial charge in [-0.2, -0.15) is 0 Å². The topological polar surface area (TPSA) is 63.8 Å². The van der Waals surface area contributed by atoms with Crippen LogP contribution in [0, 0.1) is 6.92 Å². The lowest BCUT2D eigenvalue weighted by Gasteiger charge is -2.23. The first-order valence-corrected chi connectivity index (χ1v) is 8.37. The van der Waals surface area contributed by atoms with Crippen molar-refractivity contribution in [3.05, 3.63) is 23.7 Å². The fraction of sp³-hybridized carbons (Fsp3) is 0.588. The molecule has 2 aliphatic rings. The van der Waals surface area contributed by atoms with E-state index in [2.05, 4.69) is 15.5 Å². The lowest BCUT2D eigenvalue weighted by molar-refractivity contribution is 0.426. The number of nitrogens with zero attached hydrogens (tertiary/aromatic N) is 3. The summed E-state index contributed by atoms with van der Waals surface area (Å²) in [6.07, 6.45) is 10.7. The maximum Gasteiger partial charge on any atom is 0.223 e. The smallest absolute Gasteiger partial charge is 0.223 e. The summed E-state index contributed by atoms with van der Waals surface area (Å²) in [6.45, 7) is 1.93. The molecule has 5 heteroatoms. The van der Waals surface area contributed by atoms with Crippen LogP contribution in [0.3, 0.4) is 0 Å². The molecule has 0 bridgehead atoms. The zero-order valence-electron chi connectivity index (χ0n) is 13.0. The number of aromatic nitrogens is 3. The van der Waals surface area contributed by atoms with Gasteiger partial charge in [-0.25, -0.2) is 9.97 Å². The fourth-order valence-corrected chi connectivity index (χ4v) is 3.24. The Morgan fingerprint density at radius 3 is 2.64 bits per heavy atom. The van der Waals surface area contributed by atoms with Crippen LogP contribution in [0.4, 0.5) is 5.95 Å². The van der Waals surface area contributed by atoms with Crippen LogP contribution in [0.25, 0.3) is 11.3 Å². The maximum absolute atomic E-state index is 5.41. The van der Waals surface area contributed by atoms with Crippen LogP contribution in [0.2, 0.25) is 0 Å². The normalized spacial score (nSPS) is 19.3. The highest BCUT2D eigenvalue weighted by molar-refractivity contribution is 5.62. The highest BCUT2D eigenvalue weighted by atomic mass is 16.5.